The topological polar surface area (TPSA) is 212 Å². The number of amides is 4. The number of halogens is 2. The number of rotatable bonds is 16. The number of carbonyl (C=O) groups is 8. The zero-order chi connectivity index (χ0) is 62.3. The first kappa shape index (κ1) is 67.9. The molecule has 2 aromatic carbocycles. The molecular formula is C64H84Cl2N6O12. The number of aromatic nitrogens is 2. The molecule has 0 saturated carbocycles. The van der Waals surface area contributed by atoms with Crippen LogP contribution in [0.25, 0.3) is 0 Å². The second kappa shape index (κ2) is 31.3. The van der Waals surface area contributed by atoms with Crippen molar-refractivity contribution in [3.05, 3.63) is 129 Å². The van der Waals surface area contributed by atoms with Crippen molar-refractivity contribution in [1.29, 1.82) is 0 Å². The monoisotopic (exact) mass is 1200 g/mol. The van der Waals surface area contributed by atoms with E-state index < -0.39 is 96.1 Å². The molecule has 2 aromatic heterocycles. The molecule has 456 valence electrons. The van der Waals surface area contributed by atoms with Crippen LogP contribution in [0, 0.1) is 23.7 Å². The molecule has 1 aliphatic heterocycles. The highest BCUT2D eigenvalue weighted by molar-refractivity contribution is 6.30. The fourth-order valence-corrected chi connectivity index (χ4v) is 10.4. The van der Waals surface area contributed by atoms with Crippen molar-refractivity contribution in [2.45, 2.75) is 169 Å². The van der Waals surface area contributed by atoms with Gasteiger partial charge in [0.15, 0.2) is 24.4 Å². The quantitative estimate of drug-likeness (QED) is 0.0582. The molecule has 0 spiro atoms. The maximum absolute atomic E-state index is 15.0. The van der Waals surface area contributed by atoms with Gasteiger partial charge < -0.3 is 38.5 Å². The van der Waals surface area contributed by atoms with E-state index in [0.717, 1.165) is 41.9 Å². The lowest BCUT2D eigenvalue weighted by Crippen LogP contribution is -2.55. The Morgan fingerprint density at radius 2 is 0.667 bits per heavy atom. The Hall–Kier alpha value is -6.92. The largest absolute Gasteiger partial charge is 0.451 e. The summed E-state index contributed by atoms with van der Waals surface area (Å²) < 4.78 is 24.2. The Balaban J connectivity index is 1.59. The van der Waals surface area contributed by atoms with E-state index in [1.807, 2.05) is 91.8 Å². The number of cyclic esters (lactones) is 4. The van der Waals surface area contributed by atoms with Gasteiger partial charge >= 0.3 is 23.9 Å². The summed E-state index contributed by atoms with van der Waals surface area (Å²) in [6.45, 7) is 17.5. The Bertz CT molecular complexity index is 2710. The Kier molecular flexibility index (Phi) is 25.3. The average molecular weight is 1200 g/mol. The third kappa shape index (κ3) is 19.0. The van der Waals surface area contributed by atoms with E-state index in [4.69, 9.17) is 42.1 Å². The number of ether oxygens (including phenoxy) is 4. The molecule has 3 heterocycles. The van der Waals surface area contributed by atoms with Gasteiger partial charge in [-0.1, -0.05) is 139 Å². The first-order valence-corrected chi connectivity index (χ1v) is 29.5. The fraction of sp³-hybridized carbons (Fsp3) is 0.531. The molecule has 5 rings (SSSR count). The van der Waals surface area contributed by atoms with E-state index in [1.165, 1.54) is 42.0 Å². The van der Waals surface area contributed by atoms with Crippen LogP contribution in [0.1, 0.15) is 128 Å². The molecular weight excluding hydrogens is 1120 g/mol. The van der Waals surface area contributed by atoms with Crippen LogP contribution in [0.15, 0.2) is 85.2 Å². The molecule has 20 heteroatoms. The minimum atomic E-state index is -1.55. The van der Waals surface area contributed by atoms with E-state index in [1.54, 1.807) is 48.8 Å². The maximum Gasteiger partial charge on any atom is 0.329 e. The van der Waals surface area contributed by atoms with Crippen LogP contribution in [0.2, 0.25) is 10.3 Å². The number of carbonyl (C=O) groups excluding carboxylic acids is 8. The van der Waals surface area contributed by atoms with Crippen LogP contribution >= 0.6 is 23.2 Å². The van der Waals surface area contributed by atoms with Gasteiger partial charge in [0.05, 0.1) is 0 Å². The number of likely N-dealkylation sites (N-methyl/N-ethyl adjacent to an activating group) is 4. The lowest BCUT2D eigenvalue weighted by molar-refractivity contribution is -0.176. The fourth-order valence-electron chi connectivity index (χ4n) is 10.0. The molecule has 1 saturated heterocycles. The summed E-state index contributed by atoms with van der Waals surface area (Å²) in [6, 6.07) is 16.7. The molecule has 0 bridgehead atoms. The molecule has 8 atom stereocenters. The van der Waals surface area contributed by atoms with Gasteiger partial charge in [0.1, 0.15) is 34.5 Å². The van der Waals surface area contributed by atoms with E-state index >= 15 is 9.59 Å². The number of hydrogen-bond donors (Lipinski definition) is 0. The number of esters is 4. The van der Waals surface area contributed by atoms with Gasteiger partial charge in [-0.2, -0.15) is 0 Å². The molecule has 1 aliphatic rings. The summed E-state index contributed by atoms with van der Waals surface area (Å²) in [5.74, 6) is -7.59. The smallest absolute Gasteiger partial charge is 0.329 e. The number of pyridine rings is 2. The average Bonchev–Trinajstić information content (AvgIpc) is 3.44. The van der Waals surface area contributed by atoms with Gasteiger partial charge in [-0.25, -0.2) is 29.1 Å². The van der Waals surface area contributed by atoms with E-state index in [2.05, 4.69) is 9.97 Å². The van der Waals surface area contributed by atoms with Crippen LogP contribution in [-0.4, -0.2) is 154 Å². The van der Waals surface area contributed by atoms with E-state index in [9.17, 15) is 28.8 Å². The third-order valence-corrected chi connectivity index (χ3v) is 15.5. The van der Waals surface area contributed by atoms with Crippen molar-refractivity contribution >= 4 is 70.7 Å². The first-order valence-electron chi connectivity index (χ1n) is 28.8. The number of nitrogens with zero attached hydrogens (tertiary/aromatic N) is 6. The minimum Gasteiger partial charge on any atom is -0.451 e. The summed E-state index contributed by atoms with van der Waals surface area (Å²) in [4.78, 5) is 131. The molecule has 0 radical (unpaired) electrons. The zero-order valence-corrected chi connectivity index (χ0v) is 52.5. The van der Waals surface area contributed by atoms with Crippen molar-refractivity contribution in [2.75, 3.05) is 28.2 Å². The lowest BCUT2D eigenvalue weighted by Gasteiger charge is -2.35. The summed E-state index contributed by atoms with van der Waals surface area (Å²) in [5.41, 5.74) is 4.57. The number of hydrogen-bond acceptors (Lipinski definition) is 14. The Morgan fingerprint density at radius 1 is 0.405 bits per heavy atom. The SMILES string of the molecule is CC(C)C[C@H]1C(=O)O[C@H](Cc2ccc(Cc3cccnc3Cl)cc2)C(=O)N(C)[C@@H](CC(C)C)C(=O)O[C@H](C)C(=O)N(C)[C@@H](CC(C)C)C(=O)O[C@H](Cc2ccc(Cc3cccnc3Cl)cc2)C(=O)N(C)[C@@H](CC(C)C)C(=O)O[C@H](C)C(=O)N1C. The summed E-state index contributed by atoms with van der Waals surface area (Å²) >= 11 is 12.7. The van der Waals surface area contributed by atoms with Crippen LogP contribution < -0.4 is 0 Å². The van der Waals surface area contributed by atoms with Crippen molar-refractivity contribution in [3.63, 3.8) is 0 Å². The third-order valence-electron chi connectivity index (χ3n) is 14.8. The highest BCUT2D eigenvalue weighted by atomic mass is 35.5. The van der Waals surface area contributed by atoms with E-state index in [0.29, 0.717) is 34.3 Å². The van der Waals surface area contributed by atoms with Gasteiger partial charge in [0.25, 0.3) is 23.6 Å². The predicted octanol–water partition coefficient (Wildman–Crippen LogP) is 8.94. The molecule has 0 unspecified atom stereocenters. The van der Waals surface area contributed by atoms with Crippen LogP contribution in [0.4, 0.5) is 0 Å². The van der Waals surface area contributed by atoms with Crippen molar-refractivity contribution in [2.24, 2.45) is 23.7 Å². The van der Waals surface area contributed by atoms with Crippen molar-refractivity contribution in [1.82, 2.24) is 29.6 Å². The highest BCUT2D eigenvalue weighted by Gasteiger charge is 2.43. The molecule has 84 heavy (non-hydrogen) atoms. The van der Waals surface area contributed by atoms with Gasteiger partial charge in [-0.3, -0.25) is 19.2 Å². The van der Waals surface area contributed by atoms with Gasteiger partial charge in [0.2, 0.25) is 0 Å². The van der Waals surface area contributed by atoms with E-state index in [-0.39, 0.29) is 62.2 Å². The standard InChI is InChI=1S/C64H84Cl2N6O12/c1-37(2)29-49-61(77)81-41(9)57(73)69(11)52(32-40(7)8)64(80)84-54(36-46-25-21-44(22-26-46)34-48-18-16-28-68-56(48)66)60(76)72(14)50(30-38(3)4)62(78)82-42(10)58(74)70(12)51(31-39(5)6)63(79)83-53(59(75)71(49)13)35-45-23-19-43(20-24-45)33-47-17-15-27-67-55(47)65/h15-28,37-42,49-54H,29-36H2,1-14H3/t41-,42-,49+,50+,51+,52+,53-,54-/m1/s1. The van der Waals surface area contributed by atoms with Crippen LogP contribution in [-0.2, 0) is 83.0 Å². The van der Waals surface area contributed by atoms with Crippen molar-refractivity contribution in [3.8, 4) is 0 Å². The van der Waals surface area contributed by atoms with Crippen molar-refractivity contribution < 1.29 is 57.3 Å². The first-order chi connectivity index (χ1) is 39.6. The molecule has 1 fully saturated rings. The molecule has 4 amide bonds. The summed E-state index contributed by atoms with van der Waals surface area (Å²) in [5, 5.41) is 0.725. The van der Waals surface area contributed by atoms with Crippen LogP contribution in [0.5, 0.6) is 0 Å². The molecule has 0 aliphatic carbocycles. The Morgan fingerprint density at radius 3 is 0.940 bits per heavy atom. The maximum atomic E-state index is 15.0. The van der Waals surface area contributed by atoms with Gasteiger partial charge in [-0.05, 0) is 109 Å². The highest BCUT2D eigenvalue weighted by Crippen LogP contribution is 2.26. The predicted molar refractivity (Wildman–Crippen MR) is 319 cm³/mol. The zero-order valence-electron chi connectivity index (χ0n) is 51.0. The normalized spacial score (nSPS) is 22.6. The van der Waals surface area contributed by atoms with Gasteiger partial charge in [0, 0.05) is 66.3 Å². The minimum absolute atomic E-state index is 0.0691. The molecule has 18 nitrogen and oxygen atoms in total. The second-order valence-corrected chi connectivity index (χ2v) is 24.4. The molecule has 4 aromatic rings. The number of benzene rings is 2. The van der Waals surface area contributed by atoms with Crippen LogP contribution in [0.3, 0.4) is 0 Å². The summed E-state index contributed by atoms with van der Waals surface area (Å²) in [6.07, 6.45) is -2.01. The Labute approximate surface area is 505 Å². The summed E-state index contributed by atoms with van der Waals surface area (Å²) in [7, 11) is 5.54. The molecule has 0 N–H and O–H groups in total. The second-order valence-electron chi connectivity index (χ2n) is 23.7. The van der Waals surface area contributed by atoms with Gasteiger partial charge in [-0.15, -0.1) is 0 Å². The lowest BCUT2D eigenvalue weighted by atomic mass is 9.99.